The van der Waals surface area contributed by atoms with Gasteiger partial charge in [0.15, 0.2) is 0 Å². The van der Waals surface area contributed by atoms with Crippen LogP contribution in [0.15, 0.2) is 119 Å². The van der Waals surface area contributed by atoms with Gasteiger partial charge in [-0.2, -0.15) is 0 Å². The van der Waals surface area contributed by atoms with E-state index < -0.39 is 120 Å². The molecule has 1 aliphatic heterocycles. The van der Waals surface area contributed by atoms with Crippen molar-refractivity contribution in [1.29, 1.82) is 0 Å². The van der Waals surface area contributed by atoms with Gasteiger partial charge in [0.05, 0.1) is 24.7 Å². The van der Waals surface area contributed by atoms with E-state index in [0.717, 1.165) is 11.8 Å². The van der Waals surface area contributed by atoms with Gasteiger partial charge in [0.1, 0.15) is 0 Å². The molecule has 0 unspecified atom stereocenters. The second-order valence-corrected chi connectivity index (χ2v) is 8.53. The van der Waals surface area contributed by atoms with Gasteiger partial charge in [-0.3, -0.25) is 0 Å². The number of rotatable bonds is 1. The molecule has 0 aliphatic carbocycles. The topological polar surface area (TPSA) is 0 Å². The zero-order valence-electron chi connectivity index (χ0n) is 34.4. The Morgan fingerprint density at radius 2 is 1.12 bits per heavy atom. The third kappa shape index (κ3) is 2.38. The van der Waals surface area contributed by atoms with E-state index in [0.29, 0.717) is 0 Å². The minimum absolute atomic E-state index is 0.000491. The van der Waals surface area contributed by atoms with E-state index in [9.17, 15) is 1.37 Å². The van der Waals surface area contributed by atoms with Crippen LogP contribution in [0.1, 0.15) is 24.7 Å². The molecule has 0 amide bonds. The van der Waals surface area contributed by atoms with Crippen molar-refractivity contribution in [1.82, 2.24) is 0 Å². The number of hydrogen-bond donors (Lipinski definition) is 0. The lowest BCUT2D eigenvalue weighted by Gasteiger charge is -2.21. The number of hydrogen-bond acceptors (Lipinski definition) is 1. The summed E-state index contributed by atoms with van der Waals surface area (Å²) in [5, 5.41) is -1.73. The standard InChI is InChI=1S/C32H18S/c1-4-20-10-11-22-12-15-24(26-16-13-21(5-1)30(20)32(22)26)23-14-17-28-27(18-23)25-8-2-6-19-7-3-9-29(33-28)31(19)25/h1-18H/i1D,2D,3D,4D,5D,6D,7D,8D,9D,10D,11D,12D,13D,14D,15D,16D,17D,18D. The van der Waals surface area contributed by atoms with Crippen LogP contribution in [0.2, 0.25) is 0 Å². The van der Waals surface area contributed by atoms with Crippen LogP contribution in [0.25, 0.3) is 65.3 Å². The van der Waals surface area contributed by atoms with Crippen LogP contribution in [-0.4, -0.2) is 0 Å². The summed E-state index contributed by atoms with van der Waals surface area (Å²) >= 11 is 0.735. The predicted octanol–water partition coefficient (Wildman–Crippen LogP) is 9.54. The summed E-state index contributed by atoms with van der Waals surface area (Å²) in [6.07, 6.45) is 0. The molecule has 1 heteroatoms. The zero-order valence-corrected chi connectivity index (χ0v) is 17.2. The van der Waals surface area contributed by atoms with Gasteiger partial charge in [-0.15, -0.1) is 0 Å². The average Bonchev–Trinajstić information content (AvgIpc) is 3.09. The van der Waals surface area contributed by atoms with E-state index in [2.05, 4.69) is 0 Å². The molecule has 33 heavy (non-hydrogen) atoms. The summed E-state index contributed by atoms with van der Waals surface area (Å²) in [5.74, 6) is 0. The molecule has 0 spiro atoms. The van der Waals surface area contributed by atoms with Gasteiger partial charge in [-0.25, -0.2) is 0 Å². The van der Waals surface area contributed by atoms with E-state index in [-0.39, 0.29) is 64.0 Å². The highest BCUT2D eigenvalue weighted by Gasteiger charge is 2.20. The summed E-state index contributed by atoms with van der Waals surface area (Å²) in [4.78, 5) is -0.102. The lowest BCUT2D eigenvalue weighted by molar-refractivity contribution is 1.40. The smallest absolute Gasteiger partial charge is 0.0636 e. The van der Waals surface area contributed by atoms with Crippen molar-refractivity contribution in [2.24, 2.45) is 0 Å². The van der Waals surface area contributed by atoms with Gasteiger partial charge in [0, 0.05) is 15.2 Å². The molecule has 0 atom stereocenters. The maximum absolute atomic E-state index is 9.53. The van der Waals surface area contributed by atoms with E-state index >= 15 is 0 Å². The first kappa shape index (κ1) is 7.90. The molecule has 0 saturated carbocycles. The summed E-state index contributed by atoms with van der Waals surface area (Å²) in [5.41, 5.74) is -1.32. The molecule has 0 saturated heterocycles. The second-order valence-electron chi connectivity index (χ2n) is 7.51. The van der Waals surface area contributed by atoms with Crippen molar-refractivity contribution in [3.63, 3.8) is 0 Å². The average molecular weight is 453 g/mol. The van der Waals surface area contributed by atoms with Crippen LogP contribution in [-0.2, 0) is 0 Å². The van der Waals surface area contributed by atoms with Crippen LogP contribution in [0, 0.1) is 0 Å². The lowest BCUT2D eigenvalue weighted by atomic mass is 9.88. The van der Waals surface area contributed by atoms with Gasteiger partial charge in [0.25, 0.3) is 0 Å². The second kappa shape index (κ2) is 6.37. The fourth-order valence-corrected chi connectivity index (χ4v) is 5.30. The third-order valence-electron chi connectivity index (χ3n) is 5.76. The summed E-state index contributed by atoms with van der Waals surface area (Å²) < 4.78 is 158. The van der Waals surface area contributed by atoms with Gasteiger partial charge in [-0.05, 0) is 78.1 Å². The van der Waals surface area contributed by atoms with Gasteiger partial charge >= 0.3 is 0 Å². The summed E-state index contributed by atoms with van der Waals surface area (Å²) in [7, 11) is 0. The van der Waals surface area contributed by atoms with Crippen LogP contribution < -0.4 is 0 Å². The summed E-state index contributed by atoms with van der Waals surface area (Å²) in [6.45, 7) is 0. The van der Waals surface area contributed by atoms with Crippen LogP contribution in [0.4, 0.5) is 0 Å². The molecule has 1 aliphatic rings. The molecule has 0 nitrogen and oxygen atoms in total. The molecule has 152 valence electrons. The maximum atomic E-state index is 9.53. The first-order chi connectivity index (χ1) is 23.9. The van der Waals surface area contributed by atoms with Crippen molar-refractivity contribution in [2.75, 3.05) is 0 Å². The lowest BCUT2D eigenvalue weighted by Crippen LogP contribution is -1.94. The molecule has 7 aromatic carbocycles. The normalized spacial score (nSPS) is 20.4. The van der Waals surface area contributed by atoms with E-state index in [1.807, 2.05) is 0 Å². The Labute approximate surface area is 221 Å². The Balaban J connectivity index is 1.65. The fourth-order valence-electron chi connectivity index (χ4n) is 4.33. The van der Waals surface area contributed by atoms with Crippen molar-refractivity contribution in [3.05, 3.63) is 109 Å². The minimum Gasteiger partial charge on any atom is -0.0888 e. The highest BCUT2D eigenvalue weighted by Crippen LogP contribution is 2.49. The Morgan fingerprint density at radius 1 is 0.455 bits per heavy atom. The molecular formula is C32H18S. The van der Waals surface area contributed by atoms with Gasteiger partial charge in [0.2, 0.25) is 0 Å². The Hall–Kier alpha value is -3.81. The zero-order chi connectivity index (χ0) is 37.2. The van der Waals surface area contributed by atoms with E-state index in [1.54, 1.807) is 0 Å². The minimum atomic E-state index is -0.718. The highest BCUT2D eigenvalue weighted by molar-refractivity contribution is 7.99. The molecule has 0 fully saturated rings. The third-order valence-corrected chi connectivity index (χ3v) is 6.78. The Kier molecular flexibility index (Phi) is 1.53. The summed E-state index contributed by atoms with van der Waals surface area (Å²) in [6, 6.07) is -10.8. The first-order valence-corrected chi connectivity index (χ1v) is 10.7. The quantitative estimate of drug-likeness (QED) is 0.223. The molecule has 0 N–H and O–H groups in total. The van der Waals surface area contributed by atoms with Gasteiger partial charge < -0.3 is 0 Å². The fraction of sp³-hybridized carbons (Fsp3) is 0. The predicted molar refractivity (Wildman–Crippen MR) is 143 cm³/mol. The molecule has 0 bridgehead atoms. The van der Waals surface area contributed by atoms with E-state index in [1.165, 1.54) is 0 Å². The molecule has 0 radical (unpaired) electrons. The van der Waals surface area contributed by atoms with Crippen molar-refractivity contribution in [2.45, 2.75) is 9.79 Å². The van der Waals surface area contributed by atoms with Crippen LogP contribution in [0.5, 0.6) is 0 Å². The SMILES string of the molecule is [2H]c1c([2H])c(-c2c([2H])c([2H])c3c([2H])c([2H])c4c([2H])c([2H])c([2H])c5c([2H])c([2H])c2c3c45)c([2H])c2c1Sc1c([2H])c([2H])c([2H])c3c([2H])c([2H])c([2H])c-2c13. The first-order valence-electron chi connectivity index (χ1n) is 18.9. The highest BCUT2D eigenvalue weighted by atomic mass is 32.2. The monoisotopic (exact) mass is 452 g/mol. The molecule has 1 heterocycles. The number of benzene rings is 7. The Bertz CT molecular complexity index is 2830. The molecule has 8 rings (SSSR count). The van der Waals surface area contributed by atoms with Crippen molar-refractivity contribution < 1.29 is 24.7 Å². The van der Waals surface area contributed by atoms with E-state index in [4.69, 9.17) is 23.3 Å². The largest absolute Gasteiger partial charge is 0.0888 e. The molecular weight excluding hydrogens is 416 g/mol. The number of fused-ring (bicyclic) bond motifs is 2. The van der Waals surface area contributed by atoms with Gasteiger partial charge in [-0.1, -0.05) is 102 Å². The van der Waals surface area contributed by atoms with Crippen molar-refractivity contribution in [3.8, 4) is 22.3 Å². The molecule has 0 aromatic heterocycles. The maximum Gasteiger partial charge on any atom is 0.0636 e. The molecule has 7 aromatic rings. The van der Waals surface area contributed by atoms with Crippen LogP contribution in [0.3, 0.4) is 0 Å². The van der Waals surface area contributed by atoms with Crippen molar-refractivity contribution >= 4 is 54.9 Å². The van der Waals surface area contributed by atoms with Crippen LogP contribution >= 0.6 is 11.8 Å². The Morgan fingerprint density at radius 3 is 1.97 bits per heavy atom.